The minimum Gasteiger partial charge on any atom is -0.321 e. The Labute approximate surface area is 159 Å². The number of halogens is 1. The van der Waals surface area contributed by atoms with Gasteiger partial charge in [0.15, 0.2) is 5.82 Å². The van der Waals surface area contributed by atoms with Gasteiger partial charge >= 0.3 is 6.03 Å². The second-order valence-electron chi connectivity index (χ2n) is 6.18. The highest BCUT2D eigenvalue weighted by atomic mass is 127. The van der Waals surface area contributed by atoms with Gasteiger partial charge in [-0.3, -0.25) is 10.3 Å². The highest BCUT2D eigenvalue weighted by Gasteiger charge is 2.29. The van der Waals surface area contributed by atoms with Crippen LogP contribution in [-0.4, -0.2) is 37.9 Å². The third kappa shape index (κ3) is 3.60. The lowest BCUT2D eigenvalue weighted by molar-refractivity contribution is 0.206. The molecule has 128 valence electrons. The van der Waals surface area contributed by atoms with Gasteiger partial charge in [0.05, 0.1) is 6.20 Å². The summed E-state index contributed by atoms with van der Waals surface area (Å²) in [5.41, 5.74) is 1.84. The number of rotatable bonds is 3. The number of nitrogens with zero attached hydrogens (tertiary/aromatic N) is 4. The summed E-state index contributed by atoms with van der Waals surface area (Å²) >= 11 is 2.26. The fraction of sp³-hybridized carbons (Fsp3) is 0.278. The van der Waals surface area contributed by atoms with Crippen LogP contribution in [0.5, 0.6) is 0 Å². The van der Waals surface area contributed by atoms with E-state index < -0.39 is 0 Å². The summed E-state index contributed by atoms with van der Waals surface area (Å²) in [4.78, 5) is 23.5. The van der Waals surface area contributed by atoms with Gasteiger partial charge in [0, 0.05) is 40.7 Å². The highest BCUT2D eigenvalue weighted by molar-refractivity contribution is 14.1. The number of pyridine rings is 2. The average molecular weight is 447 g/mol. The Bertz CT molecular complexity index is 895. The molecule has 0 spiro atoms. The van der Waals surface area contributed by atoms with E-state index in [9.17, 15) is 4.79 Å². The summed E-state index contributed by atoms with van der Waals surface area (Å²) in [6.07, 6.45) is 8.45. The van der Waals surface area contributed by atoms with E-state index in [0.717, 1.165) is 40.7 Å². The first-order chi connectivity index (χ1) is 12.2. The summed E-state index contributed by atoms with van der Waals surface area (Å²) < 4.78 is 3.04. The molecule has 0 bridgehead atoms. The van der Waals surface area contributed by atoms with Gasteiger partial charge in [-0.2, -0.15) is 0 Å². The first kappa shape index (κ1) is 16.3. The second kappa shape index (κ2) is 6.99. The van der Waals surface area contributed by atoms with E-state index in [0.29, 0.717) is 5.82 Å². The molecule has 4 rings (SSSR count). The van der Waals surface area contributed by atoms with Crippen LogP contribution in [0.4, 0.5) is 10.6 Å². The molecule has 3 aromatic heterocycles. The number of amides is 2. The molecule has 1 N–H and O–H groups in total. The number of urea groups is 1. The van der Waals surface area contributed by atoms with Gasteiger partial charge < -0.3 is 9.30 Å². The van der Waals surface area contributed by atoms with E-state index in [-0.39, 0.29) is 12.1 Å². The maximum atomic E-state index is 12.7. The highest BCUT2D eigenvalue weighted by Crippen LogP contribution is 2.22. The largest absolute Gasteiger partial charge is 0.323 e. The van der Waals surface area contributed by atoms with Crippen molar-refractivity contribution in [2.45, 2.75) is 25.3 Å². The van der Waals surface area contributed by atoms with Crippen molar-refractivity contribution in [3.63, 3.8) is 0 Å². The lowest BCUT2D eigenvalue weighted by Gasteiger charge is -2.24. The molecule has 1 aliphatic heterocycles. The van der Waals surface area contributed by atoms with E-state index in [1.807, 2.05) is 52.0 Å². The number of nitrogens with one attached hydrogen (secondary N) is 1. The van der Waals surface area contributed by atoms with Crippen LogP contribution in [0.2, 0.25) is 0 Å². The van der Waals surface area contributed by atoms with E-state index in [1.165, 1.54) is 0 Å². The van der Waals surface area contributed by atoms with Crippen molar-refractivity contribution < 1.29 is 4.79 Å². The maximum absolute atomic E-state index is 12.7. The third-order valence-electron chi connectivity index (χ3n) is 4.46. The topological polar surface area (TPSA) is 62.5 Å². The van der Waals surface area contributed by atoms with Crippen LogP contribution < -0.4 is 5.32 Å². The molecule has 3 aromatic rings. The van der Waals surface area contributed by atoms with Crippen molar-refractivity contribution >= 4 is 40.1 Å². The first-order valence-electron chi connectivity index (χ1n) is 8.31. The molecule has 2 amide bonds. The van der Waals surface area contributed by atoms with Crippen molar-refractivity contribution in [3.05, 3.63) is 58.2 Å². The Kier molecular flexibility index (Phi) is 4.56. The minimum atomic E-state index is -0.0865. The molecule has 4 heterocycles. The Balaban J connectivity index is 1.47. The Morgan fingerprint density at radius 3 is 3.04 bits per heavy atom. The van der Waals surface area contributed by atoms with Gasteiger partial charge in [-0.15, -0.1) is 0 Å². The van der Waals surface area contributed by atoms with Gasteiger partial charge in [0.2, 0.25) is 0 Å². The summed E-state index contributed by atoms with van der Waals surface area (Å²) in [6.45, 7) is 0.772. The van der Waals surface area contributed by atoms with Crippen molar-refractivity contribution in [2.24, 2.45) is 0 Å². The molecular weight excluding hydrogens is 429 g/mol. The molecule has 6 nitrogen and oxygen atoms in total. The number of fused-ring (bicyclic) bond motifs is 1. The number of hydrogen-bond donors (Lipinski definition) is 1. The van der Waals surface area contributed by atoms with Crippen molar-refractivity contribution in [3.8, 4) is 0 Å². The predicted molar refractivity (Wildman–Crippen MR) is 105 cm³/mol. The van der Waals surface area contributed by atoms with Crippen LogP contribution >= 0.6 is 22.6 Å². The van der Waals surface area contributed by atoms with Gasteiger partial charge in [0.1, 0.15) is 5.65 Å². The molecule has 0 aromatic carbocycles. The molecule has 1 unspecified atom stereocenters. The first-order valence-corrected chi connectivity index (χ1v) is 9.39. The molecule has 1 atom stereocenters. The lowest BCUT2D eigenvalue weighted by atomic mass is 10.1. The van der Waals surface area contributed by atoms with Crippen LogP contribution in [0.3, 0.4) is 0 Å². The zero-order chi connectivity index (χ0) is 17.2. The lowest BCUT2D eigenvalue weighted by Crippen LogP contribution is -2.40. The number of aromatic nitrogens is 3. The van der Waals surface area contributed by atoms with Crippen molar-refractivity contribution in [1.29, 1.82) is 0 Å². The summed E-state index contributed by atoms with van der Waals surface area (Å²) in [6, 6.07) is 9.95. The monoisotopic (exact) mass is 447 g/mol. The Morgan fingerprint density at radius 2 is 2.20 bits per heavy atom. The number of likely N-dealkylation sites (tertiary alicyclic amines) is 1. The second-order valence-corrected chi connectivity index (χ2v) is 7.43. The van der Waals surface area contributed by atoms with E-state index >= 15 is 0 Å². The summed E-state index contributed by atoms with van der Waals surface area (Å²) in [7, 11) is 0. The molecule has 0 aliphatic carbocycles. The smallest absolute Gasteiger partial charge is 0.321 e. The van der Waals surface area contributed by atoms with Crippen LogP contribution in [0, 0.1) is 3.57 Å². The number of imidazole rings is 1. The summed E-state index contributed by atoms with van der Waals surface area (Å²) in [5.74, 6) is 0.579. The normalized spacial score (nSPS) is 17.2. The van der Waals surface area contributed by atoms with Crippen molar-refractivity contribution in [2.75, 3.05) is 11.9 Å². The van der Waals surface area contributed by atoms with Gasteiger partial charge in [-0.1, -0.05) is 6.07 Å². The molecule has 0 saturated carbocycles. The quantitative estimate of drug-likeness (QED) is 0.625. The van der Waals surface area contributed by atoms with E-state index in [2.05, 4.69) is 37.9 Å². The molecule has 1 aliphatic rings. The molecular formula is C18H18IN5O. The molecule has 25 heavy (non-hydrogen) atoms. The van der Waals surface area contributed by atoms with Crippen LogP contribution in [0.15, 0.2) is 48.9 Å². The Hall–Kier alpha value is -2.16. The van der Waals surface area contributed by atoms with Gasteiger partial charge in [-0.25, -0.2) is 9.78 Å². The molecule has 1 fully saturated rings. The van der Waals surface area contributed by atoms with Crippen LogP contribution in [0.25, 0.3) is 5.65 Å². The number of carbonyl (C=O) groups excluding carboxylic acids is 1. The third-order valence-corrected chi connectivity index (χ3v) is 5.10. The fourth-order valence-electron chi connectivity index (χ4n) is 3.28. The zero-order valence-corrected chi connectivity index (χ0v) is 15.8. The standard InChI is InChI=1S/C18H18IN5O/c19-13-6-7-17-21-16(12-23(17)11-13)22-18(25)24-9-3-5-15(24)10-14-4-1-2-8-20-14/h1-2,4,6-8,11-12,15H,3,5,9-10H2,(H,22,25). The predicted octanol–water partition coefficient (Wildman–Crippen LogP) is 3.57. The van der Waals surface area contributed by atoms with Crippen LogP contribution in [0.1, 0.15) is 18.5 Å². The van der Waals surface area contributed by atoms with Crippen LogP contribution in [-0.2, 0) is 6.42 Å². The molecule has 7 heteroatoms. The fourth-order valence-corrected chi connectivity index (χ4v) is 3.76. The maximum Gasteiger partial charge on any atom is 0.323 e. The van der Waals surface area contributed by atoms with Gasteiger partial charge in [0.25, 0.3) is 0 Å². The van der Waals surface area contributed by atoms with E-state index in [4.69, 9.17) is 0 Å². The molecule has 0 radical (unpaired) electrons. The minimum absolute atomic E-state index is 0.0865. The average Bonchev–Trinajstić information content (AvgIpc) is 3.21. The number of carbonyl (C=O) groups is 1. The van der Waals surface area contributed by atoms with Crippen molar-refractivity contribution in [1.82, 2.24) is 19.3 Å². The number of anilines is 1. The number of hydrogen-bond acceptors (Lipinski definition) is 3. The van der Waals surface area contributed by atoms with E-state index in [1.54, 1.807) is 6.20 Å². The Morgan fingerprint density at radius 1 is 1.28 bits per heavy atom. The SMILES string of the molecule is O=C(Nc1cn2cc(I)ccc2n1)N1CCCC1Cc1ccccn1. The summed E-state index contributed by atoms with van der Waals surface area (Å²) in [5, 5.41) is 2.94. The van der Waals surface area contributed by atoms with Gasteiger partial charge in [-0.05, 0) is 59.7 Å². The molecule has 1 saturated heterocycles. The zero-order valence-electron chi connectivity index (χ0n) is 13.6.